The average Bonchev–Trinajstić information content (AvgIpc) is 3.17. The fourth-order valence-electron chi connectivity index (χ4n) is 5.56. The van der Waals surface area contributed by atoms with Gasteiger partial charge in [-0.15, -0.1) is 0 Å². The van der Waals surface area contributed by atoms with Crippen LogP contribution in [0.25, 0.3) is 67.9 Å². The van der Waals surface area contributed by atoms with Crippen LogP contribution in [0.3, 0.4) is 0 Å². The van der Waals surface area contributed by atoms with Crippen molar-refractivity contribution in [2.75, 3.05) is 0 Å². The van der Waals surface area contributed by atoms with Gasteiger partial charge in [0, 0.05) is 35.3 Å². The molecule has 270 valence electrons. The van der Waals surface area contributed by atoms with Crippen molar-refractivity contribution in [3.05, 3.63) is 128 Å². The quantitative estimate of drug-likeness (QED) is 0.147. The Morgan fingerprint density at radius 1 is 0.352 bits per heavy atom. The van der Waals surface area contributed by atoms with Gasteiger partial charge in [0.2, 0.25) is 0 Å². The maximum atomic E-state index is 11.7. The van der Waals surface area contributed by atoms with Crippen LogP contribution in [0.15, 0.2) is 142 Å². The molecule has 0 bridgehead atoms. The van der Waals surface area contributed by atoms with Crippen molar-refractivity contribution < 1.29 is 38.9 Å². The minimum Gasteiger partial charge on any atom is -0.282 e. The van der Waals surface area contributed by atoms with Crippen LogP contribution in [0.4, 0.5) is 0 Å². The number of benzene rings is 3. The summed E-state index contributed by atoms with van der Waals surface area (Å²) in [5.41, 5.74) is 3.80. The third kappa shape index (κ3) is 7.51. The lowest BCUT2D eigenvalue weighted by molar-refractivity contribution is 0.481. The van der Waals surface area contributed by atoms with E-state index in [2.05, 4.69) is 15.0 Å². The molecular formula is C36H24N6O9S3. The van der Waals surface area contributed by atoms with Crippen molar-refractivity contribution in [3.8, 4) is 67.9 Å². The topological polar surface area (TPSA) is 240 Å². The molecule has 0 unspecified atom stereocenters. The summed E-state index contributed by atoms with van der Waals surface area (Å²) >= 11 is 0. The van der Waals surface area contributed by atoms with Gasteiger partial charge in [-0.3, -0.25) is 28.6 Å². The number of aromatic nitrogens is 6. The van der Waals surface area contributed by atoms with Gasteiger partial charge in [-0.05, 0) is 71.3 Å². The molecule has 0 amide bonds. The number of hydrogen-bond donors (Lipinski definition) is 3. The lowest BCUT2D eigenvalue weighted by Crippen LogP contribution is -2.05. The Morgan fingerprint density at radius 3 is 0.815 bits per heavy atom. The van der Waals surface area contributed by atoms with Gasteiger partial charge < -0.3 is 0 Å². The normalized spacial score (nSPS) is 12.1. The molecule has 0 radical (unpaired) electrons. The molecule has 0 fully saturated rings. The highest BCUT2D eigenvalue weighted by atomic mass is 32.2. The molecule has 0 aliphatic carbocycles. The fourth-order valence-corrected chi connectivity index (χ4v) is 7.00. The zero-order chi connectivity index (χ0) is 38.3. The summed E-state index contributed by atoms with van der Waals surface area (Å²) < 4.78 is 98.9. The van der Waals surface area contributed by atoms with Crippen LogP contribution in [0.1, 0.15) is 0 Å². The van der Waals surface area contributed by atoms with Crippen LogP contribution in [0, 0.1) is 0 Å². The van der Waals surface area contributed by atoms with Gasteiger partial charge in [0.25, 0.3) is 30.4 Å². The van der Waals surface area contributed by atoms with Crippen LogP contribution in [0.5, 0.6) is 0 Å². The lowest BCUT2D eigenvalue weighted by atomic mass is 10.0. The molecule has 18 heteroatoms. The van der Waals surface area contributed by atoms with E-state index in [1.807, 2.05) is 0 Å². The average molecular weight is 781 g/mol. The van der Waals surface area contributed by atoms with Crippen molar-refractivity contribution in [2.24, 2.45) is 0 Å². The molecule has 3 aromatic carbocycles. The Bertz CT molecular complexity index is 2560. The van der Waals surface area contributed by atoms with E-state index in [0.29, 0.717) is 33.4 Å². The predicted octanol–water partition coefficient (Wildman–Crippen LogP) is 5.80. The van der Waals surface area contributed by atoms with E-state index in [-0.39, 0.29) is 49.2 Å². The number of hydrogen-bond acceptors (Lipinski definition) is 12. The summed E-state index contributed by atoms with van der Waals surface area (Å²) in [6, 6.07) is 26.6. The van der Waals surface area contributed by atoms with E-state index in [1.54, 1.807) is 36.4 Å². The Kier molecular flexibility index (Phi) is 9.40. The maximum Gasteiger partial charge on any atom is 0.294 e. The zero-order valence-electron chi connectivity index (χ0n) is 27.3. The standard InChI is InChI=1S/C36H24N6O9S3/c43-52(44,45)25-13-7-22(8-14-25)28-4-1-19-37-31(28)34-40-35(32-29(5-2-20-38-32)23-9-15-26(16-10-23)53(46,47)48)42-36(41-34)33-30(6-3-21-39-33)24-11-17-27(18-12-24)54(49,50)51/h1-21H,(H,43,44,45)(H,46,47,48)(H,49,50,51). The van der Waals surface area contributed by atoms with Crippen molar-refractivity contribution >= 4 is 30.4 Å². The second-order valence-electron chi connectivity index (χ2n) is 11.5. The lowest BCUT2D eigenvalue weighted by Gasteiger charge is -2.14. The second kappa shape index (κ2) is 14.0. The minimum atomic E-state index is -4.46. The summed E-state index contributed by atoms with van der Waals surface area (Å²) in [6.07, 6.45) is 4.54. The minimum absolute atomic E-state index is 0.0566. The molecule has 0 spiro atoms. The van der Waals surface area contributed by atoms with Gasteiger partial charge in [-0.1, -0.05) is 54.6 Å². The number of pyridine rings is 3. The second-order valence-corrected chi connectivity index (χ2v) is 15.8. The highest BCUT2D eigenvalue weighted by molar-refractivity contribution is 7.86. The van der Waals surface area contributed by atoms with Crippen molar-refractivity contribution in [1.29, 1.82) is 0 Å². The third-order valence-corrected chi connectivity index (χ3v) is 10.7. The molecule has 4 aromatic heterocycles. The molecule has 3 N–H and O–H groups in total. The SMILES string of the molecule is O=S(=O)(O)c1ccc(-c2cccnc2-c2nc(-c3ncccc3-c3ccc(S(=O)(=O)O)cc3)nc(-c3ncccc3-c3ccc(S(=O)(=O)O)cc3)n2)cc1. The molecule has 54 heavy (non-hydrogen) atoms. The highest BCUT2D eigenvalue weighted by Crippen LogP contribution is 2.36. The maximum absolute atomic E-state index is 11.7. The Hall–Kier alpha value is -6.15. The van der Waals surface area contributed by atoms with Crippen LogP contribution in [-0.2, 0) is 30.4 Å². The van der Waals surface area contributed by atoms with E-state index < -0.39 is 30.4 Å². The summed E-state index contributed by atoms with van der Waals surface area (Å²) in [7, 11) is -13.4. The van der Waals surface area contributed by atoms with Gasteiger partial charge in [-0.25, -0.2) is 15.0 Å². The smallest absolute Gasteiger partial charge is 0.282 e. The number of rotatable bonds is 9. The van der Waals surface area contributed by atoms with Gasteiger partial charge >= 0.3 is 0 Å². The molecule has 4 heterocycles. The van der Waals surface area contributed by atoms with Gasteiger partial charge in [0.1, 0.15) is 17.1 Å². The largest absolute Gasteiger partial charge is 0.294 e. The Morgan fingerprint density at radius 2 is 0.593 bits per heavy atom. The summed E-state index contributed by atoms with van der Waals surface area (Å²) in [6.45, 7) is 0. The molecule has 0 saturated heterocycles. The molecule has 0 aliphatic rings. The first-order valence-corrected chi connectivity index (χ1v) is 19.8. The highest BCUT2D eigenvalue weighted by Gasteiger charge is 2.22. The molecular weight excluding hydrogens is 757 g/mol. The first kappa shape index (κ1) is 36.2. The molecule has 15 nitrogen and oxygen atoms in total. The van der Waals surface area contributed by atoms with Gasteiger partial charge in [0.05, 0.1) is 14.7 Å². The summed E-state index contributed by atoms with van der Waals surface area (Å²) in [5.74, 6) is 0.170. The first-order chi connectivity index (χ1) is 25.7. The van der Waals surface area contributed by atoms with Crippen LogP contribution >= 0.6 is 0 Å². The van der Waals surface area contributed by atoms with Crippen molar-refractivity contribution in [1.82, 2.24) is 29.9 Å². The van der Waals surface area contributed by atoms with Gasteiger partial charge in [-0.2, -0.15) is 25.3 Å². The first-order valence-electron chi connectivity index (χ1n) is 15.5. The van der Waals surface area contributed by atoms with Crippen LogP contribution < -0.4 is 0 Å². The number of nitrogens with zero attached hydrogens (tertiary/aromatic N) is 6. The molecule has 7 rings (SSSR count). The summed E-state index contributed by atoms with van der Waals surface area (Å²) in [4.78, 5) is 27.2. The van der Waals surface area contributed by atoms with E-state index in [1.165, 1.54) is 91.4 Å². The fraction of sp³-hybridized carbons (Fsp3) is 0. The Labute approximate surface area is 308 Å². The third-order valence-electron chi connectivity index (χ3n) is 8.08. The van der Waals surface area contributed by atoms with Crippen LogP contribution in [0.2, 0.25) is 0 Å². The predicted molar refractivity (Wildman–Crippen MR) is 195 cm³/mol. The van der Waals surface area contributed by atoms with E-state index >= 15 is 0 Å². The molecule has 7 aromatic rings. The van der Waals surface area contributed by atoms with E-state index in [4.69, 9.17) is 15.0 Å². The van der Waals surface area contributed by atoms with Crippen LogP contribution in [-0.4, -0.2) is 68.8 Å². The zero-order valence-corrected chi connectivity index (χ0v) is 29.8. The van der Waals surface area contributed by atoms with E-state index in [0.717, 1.165) is 0 Å². The van der Waals surface area contributed by atoms with Gasteiger partial charge in [0.15, 0.2) is 17.5 Å². The molecule has 0 atom stereocenters. The molecule has 0 aliphatic heterocycles. The summed E-state index contributed by atoms with van der Waals surface area (Å²) in [5, 5.41) is 0. The van der Waals surface area contributed by atoms with Crippen molar-refractivity contribution in [2.45, 2.75) is 14.7 Å². The van der Waals surface area contributed by atoms with E-state index in [9.17, 15) is 38.9 Å². The monoisotopic (exact) mass is 780 g/mol. The van der Waals surface area contributed by atoms with Crippen molar-refractivity contribution in [3.63, 3.8) is 0 Å². The Balaban J connectivity index is 1.45. The molecule has 0 saturated carbocycles.